The maximum absolute atomic E-state index is 12.5. The standard InChI is InChI=1S/C21H28N6O/c1-6-22-8-7-14-13(2)25-16(18(14)21(3,4)5)11-15-19(26-27-20(15)28)17-12-23-9-10-24-17/h9-12,22,25H,6-8H2,1-5H3,(H,27,28)/b15-11+. The maximum atomic E-state index is 12.5. The quantitative estimate of drug-likeness (QED) is 0.530. The summed E-state index contributed by atoms with van der Waals surface area (Å²) >= 11 is 0. The van der Waals surface area contributed by atoms with E-state index in [0.717, 1.165) is 30.9 Å². The van der Waals surface area contributed by atoms with Crippen LogP contribution in [0.4, 0.5) is 0 Å². The molecule has 1 amide bonds. The number of aromatic nitrogens is 3. The smallest absolute Gasteiger partial charge is 0.273 e. The summed E-state index contributed by atoms with van der Waals surface area (Å²) in [6.45, 7) is 12.6. The molecule has 7 nitrogen and oxygen atoms in total. The van der Waals surface area contributed by atoms with E-state index in [0.29, 0.717) is 17.0 Å². The Morgan fingerprint density at radius 1 is 1.25 bits per heavy atom. The van der Waals surface area contributed by atoms with Gasteiger partial charge in [0.2, 0.25) is 0 Å². The first-order valence-electron chi connectivity index (χ1n) is 9.62. The summed E-state index contributed by atoms with van der Waals surface area (Å²) in [7, 11) is 0. The second-order valence-corrected chi connectivity index (χ2v) is 7.92. The van der Waals surface area contributed by atoms with E-state index in [4.69, 9.17) is 0 Å². The minimum Gasteiger partial charge on any atom is -0.359 e. The zero-order valence-corrected chi connectivity index (χ0v) is 17.2. The number of nitrogens with one attached hydrogen (secondary N) is 3. The molecule has 2 aromatic rings. The van der Waals surface area contributed by atoms with Crippen molar-refractivity contribution in [3.05, 3.63) is 52.4 Å². The molecule has 0 fully saturated rings. The van der Waals surface area contributed by atoms with Crippen LogP contribution in [0.2, 0.25) is 0 Å². The average molecular weight is 380 g/mol. The zero-order chi connectivity index (χ0) is 20.3. The third-order valence-corrected chi connectivity index (χ3v) is 4.76. The van der Waals surface area contributed by atoms with Crippen molar-refractivity contribution in [1.82, 2.24) is 25.7 Å². The molecule has 7 heteroatoms. The van der Waals surface area contributed by atoms with Gasteiger partial charge in [0, 0.05) is 23.8 Å². The number of amides is 1. The Bertz CT molecular complexity index is 918. The van der Waals surface area contributed by atoms with Gasteiger partial charge in [-0.15, -0.1) is 0 Å². The van der Waals surface area contributed by atoms with Gasteiger partial charge in [-0.2, -0.15) is 5.10 Å². The van der Waals surface area contributed by atoms with Crippen molar-refractivity contribution in [2.75, 3.05) is 13.1 Å². The van der Waals surface area contributed by atoms with Gasteiger partial charge >= 0.3 is 0 Å². The molecule has 0 saturated carbocycles. The number of aryl methyl sites for hydroxylation is 1. The van der Waals surface area contributed by atoms with E-state index in [1.54, 1.807) is 18.6 Å². The molecule has 0 atom stereocenters. The first kappa shape index (κ1) is 19.9. The molecule has 3 heterocycles. The van der Waals surface area contributed by atoms with Crippen LogP contribution in [0, 0.1) is 6.92 Å². The molecule has 0 radical (unpaired) electrons. The minimum absolute atomic E-state index is 0.0718. The number of likely N-dealkylation sites (N-methyl/N-ethyl adjacent to an activating group) is 1. The molecule has 1 aliphatic rings. The second-order valence-electron chi connectivity index (χ2n) is 7.92. The number of hydrogen-bond donors (Lipinski definition) is 3. The van der Waals surface area contributed by atoms with Gasteiger partial charge in [-0.1, -0.05) is 27.7 Å². The molecule has 0 bridgehead atoms. The van der Waals surface area contributed by atoms with E-state index in [1.165, 1.54) is 11.1 Å². The van der Waals surface area contributed by atoms with Crippen LogP contribution in [0.25, 0.3) is 6.08 Å². The van der Waals surface area contributed by atoms with Crippen molar-refractivity contribution in [1.29, 1.82) is 0 Å². The van der Waals surface area contributed by atoms with Gasteiger partial charge in [0.15, 0.2) is 0 Å². The molecule has 148 valence electrons. The Morgan fingerprint density at radius 2 is 2.04 bits per heavy atom. The number of nitrogens with zero attached hydrogens (tertiary/aromatic N) is 3. The SMILES string of the molecule is CCNCCc1c(C)[nH]c(/C=C2/C(=O)NN=C2c2cnccn2)c1C(C)(C)C. The lowest BCUT2D eigenvalue weighted by molar-refractivity contribution is -0.116. The van der Waals surface area contributed by atoms with Crippen LogP contribution in [0.1, 0.15) is 55.9 Å². The molecule has 3 rings (SSSR count). The molecule has 0 aliphatic carbocycles. The van der Waals surface area contributed by atoms with Gasteiger partial charge in [-0.25, -0.2) is 5.43 Å². The first-order valence-corrected chi connectivity index (χ1v) is 9.62. The fraction of sp³-hybridized carbons (Fsp3) is 0.429. The van der Waals surface area contributed by atoms with Gasteiger partial charge in [-0.05, 0) is 49.1 Å². The number of hydrazone groups is 1. The highest BCUT2D eigenvalue weighted by Crippen LogP contribution is 2.33. The fourth-order valence-corrected chi connectivity index (χ4v) is 3.59. The van der Waals surface area contributed by atoms with Crippen LogP contribution in [-0.4, -0.2) is 39.7 Å². The third kappa shape index (κ3) is 4.04. The lowest BCUT2D eigenvalue weighted by Crippen LogP contribution is -2.20. The second kappa shape index (κ2) is 8.06. The molecule has 2 aromatic heterocycles. The minimum atomic E-state index is -0.234. The van der Waals surface area contributed by atoms with Gasteiger partial charge in [-0.3, -0.25) is 14.8 Å². The van der Waals surface area contributed by atoms with Crippen molar-refractivity contribution in [3.63, 3.8) is 0 Å². The number of rotatable bonds is 6. The fourth-order valence-electron chi connectivity index (χ4n) is 3.59. The molecule has 28 heavy (non-hydrogen) atoms. The summed E-state index contributed by atoms with van der Waals surface area (Å²) in [4.78, 5) is 24.3. The average Bonchev–Trinajstić information content (AvgIpc) is 3.16. The van der Waals surface area contributed by atoms with Crippen LogP contribution in [0.5, 0.6) is 0 Å². The summed E-state index contributed by atoms with van der Waals surface area (Å²) in [5.41, 5.74) is 8.66. The highest BCUT2D eigenvalue weighted by atomic mass is 16.2. The lowest BCUT2D eigenvalue weighted by atomic mass is 9.82. The molecule has 1 aliphatic heterocycles. The Balaban J connectivity index is 2.06. The monoisotopic (exact) mass is 380 g/mol. The molecule has 0 saturated heterocycles. The predicted octanol–water partition coefficient (Wildman–Crippen LogP) is 2.48. The molecule has 0 spiro atoms. The van der Waals surface area contributed by atoms with Crippen molar-refractivity contribution in [2.24, 2.45) is 5.10 Å². The molecule has 3 N–H and O–H groups in total. The van der Waals surface area contributed by atoms with E-state index in [1.807, 2.05) is 6.08 Å². The number of carbonyl (C=O) groups excluding carboxylic acids is 1. The zero-order valence-electron chi connectivity index (χ0n) is 17.2. The van der Waals surface area contributed by atoms with E-state index < -0.39 is 0 Å². The highest BCUT2D eigenvalue weighted by Gasteiger charge is 2.29. The van der Waals surface area contributed by atoms with Crippen LogP contribution in [0.15, 0.2) is 29.3 Å². The number of hydrogen-bond acceptors (Lipinski definition) is 5. The molecular weight excluding hydrogens is 352 g/mol. The van der Waals surface area contributed by atoms with Gasteiger partial charge in [0.25, 0.3) is 5.91 Å². The van der Waals surface area contributed by atoms with Crippen molar-refractivity contribution in [3.8, 4) is 0 Å². The number of carbonyl (C=O) groups is 1. The Kier molecular flexibility index (Phi) is 5.74. The normalized spacial score (nSPS) is 15.8. The van der Waals surface area contributed by atoms with Gasteiger partial charge < -0.3 is 10.3 Å². The lowest BCUT2D eigenvalue weighted by Gasteiger charge is -2.22. The van der Waals surface area contributed by atoms with Crippen molar-refractivity contribution in [2.45, 2.75) is 46.5 Å². The Morgan fingerprint density at radius 3 is 2.68 bits per heavy atom. The van der Waals surface area contributed by atoms with Crippen molar-refractivity contribution < 1.29 is 4.79 Å². The Labute approximate surface area is 165 Å². The van der Waals surface area contributed by atoms with Crippen LogP contribution < -0.4 is 10.7 Å². The van der Waals surface area contributed by atoms with E-state index in [-0.39, 0.29) is 11.3 Å². The molecule has 0 unspecified atom stereocenters. The van der Waals surface area contributed by atoms with Crippen LogP contribution in [-0.2, 0) is 16.6 Å². The Hall–Kier alpha value is -2.80. The van der Waals surface area contributed by atoms with Crippen LogP contribution in [0.3, 0.4) is 0 Å². The summed E-state index contributed by atoms with van der Waals surface area (Å²) in [6, 6.07) is 0. The highest BCUT2D eigenvalue weighted by molar-refractivity contribution is 6.32. The first-order chi connectivity index (χ1) is 13.3. The summed E-state index contributed by atoms with van der Waals surface area (Å²) in [5.74, 6) is -0.234. The van der Waals surface area contributed by atoms with E-state index >= 15 is 0 Å². The van der Waals surface area contributed by atoms with Gasteiger partial charge in [0.1, 0.15) is 11.4 Å². The van der Waals surface area contributed by atoms with E-state index in [9.17, 15) is 4.79 Å². The van der Waals surface area contributed by atoms with E-state index in [2.05, 4.69) is 65.4 Å². The molecule has 0 aromatic carbocycles. The summed E-state index contributed by atoms with van der Waals surface area (Å²) in [6.07, 6.45) is 7.62. The maximum Gasteiger partial charge on any atom is 0.273 e. The topological polar surface area (TPSA) is 95.1 Å². The third-order valence-electron chi connectivity index (χ3n) is 4.76. The predicted molar refractivity (Wildman–Crippen MR) is 111 cm³/mol. The van der Waals surface area contributed by atoms with Crippen LogP contribution >= 0.6 is 0 Å². The largest absolute Gasteiger partial charge is 0.359 e. The number of H-pyrrole nitrogens is 1. The summed E-state index contributed by atoms with van der Waals surface area (Å²) < 4.78 is 0. The summed E-state index contributed by atoms with van der Waals surface area (Å²) in [5, 5.41) is 7.56. The van der Waals surface area contributed by atoms with Crippen molar-refractivity contribution >= 4 is 17.7 Å². The van der Waals surface area contributed by atoms with Gasteiger partial charge in [0.05, 0.1) is 11.8 Å². The number of aromatic amines is 1. The molecular formula is C21H28N6O.